The quantitative estimate of drug-likeness (QED) is 0.461. The van der Waals surface area contributed by atoms with Gasteiger partial charge in [-0.25, -0.2) is 4.79 Å². The number of carboxylic acids is 1. The third kappa shape index (κ3) is 1.70. The van der Waals surface area contributed by atoms with Crippen LogP contribution in [-0.2, 0) is 4.79 Å². The first-order valence-electron chi connectivity index (χ1n) is 3.49. The number of nitrogens with zero attached hydrogens (tertiary/aromatic N) is 2. The van der Waals surface area contributed by atoms with Gasteiger partial charge in [0, 0.05) is 0 Å². The summed E-state index contributed by atoms with van der Waals surface area (Å²) >= 11 is 5.58. The second kappa shape index (κ2) is 3.85. The van der Waals surface area contributed by atoms with Gasteiger partial charge in [-0.3, -0.25) is 4.79 Å². The molecule has 0 saturated heterocycles. The van der Waals surface area contributed by atoms with Gasteiger partial charge in [0.25, 0.3) is 5.78 Å². The van der Waals surface area contributed by atoms with Crippen molar-refractivity contribution in [2.45, 2.75) is 0 Å². The van der Waals surface area contributed by atoms with E-state index in [0.717, 1.165) is 0 Å². The first-order valence-corrected chi connectivity index (χ1v) is 3.87. The van der Waals surface area contributed by atoms with E-state index in [1.807, 2.05) is 0 Å². The standard InChI is InChI=1S/C8H3ClN2O3/c9-5-3-1-2-4(6(5)11-10)7(12)8(13)14/h1-3H/p+1. The fraction of sp³-hybridized carbons (Fsp3) is 0. The van der Waals surface area contributed by atoms with Crippen LogP contribution in [0.4, 0.5) is 5.69 Å². The van der Waals surface area contributed by atoms with E-state index in [2.05, 4.69) is 4.98 Å². The largest absolute Gasteiger partial charge is 0.475 e. The van der Waals surface area contributed by atoms with Crippen molar-refractivity contribution < 1.29 is 14.7 Å². The number of carbonyl (C=O) groups is 2. The number of Topliss-reactive ketones (excluding diaryl/α,β-unsaturated/α-hetero) is 1. The van der Waals surface area contributed by atoms with Crippen LogP contribution in [0.15, 0.2) is 18.2 Å². The summed E-state index contributed by atoms with van der Waals surface area (Å²) in [6.07, 6.45) is 0. The highest BCUT2D eigenvalue weighted by Gasteiger charge is 2.27. The van der Waals surface area contributed by atoms with E-state index in [1.165, 1.54) is 18.2 Å². The van der Waals surface area contributed by atoms with Crippen LogP contribution < -0.4 is 0 Å². The third-order valence-corrected chi connectivity index (χ3v) is 1.83. The number of carbonyl (C=O) groups excluding carboxylic acids is 1. The van der Waals surface area contributed by atoms with Gasteiger partial charge in [0.2, 0.25) is 5.39 Å². The molecule has 0 fully saturated rings. The smallest absolute Gasteiger partial charge is 0.414 e. The summed E-state index contributed by atoms with van der Waals surface area (Å²) in [6.45, 7) is 0. The maximum Gasteiger partial charge on any atom is 0.414 e. The molecule has 0 radical (unpaired) electrons. The lowest BCUT2D eigenvalue weighted by Crippen LogP contribution is -2.12. The number of rotatable bonds is 2. The zero-order chi connectivity index (χ0) is 10.7. The molecular weight excluding hydrogens is 208 g/mol. The van der Waals surface area contributed by atoms with Crippen molar-refractivity contribution in [2.24, 2.45) is 0 Å². The molecule has 0 amide bonds. The Bertz CT molecular complexity index is 450. The summed E-state index contributed by atoms with van der Waals surface area (Å²) in [6, 6.07) is 4.00. The zero-order valence-electron chi connectivity index (χ0n) is 6.77. The van der Waals surface area contributed by atoms with Gasteiger partial charge >= 0.3 is 11.7 Å². The molecule has 0 saturated carbocycles. The van der Waals surface area contributed by atoms with E-state index in [0.29, 0.717) is 0 Å². The van der Waals surface area contributed by atoms with E-state index in [4.69, 9.17) is 22.1 Å². The number of benzene rings is 1. The van der Waals surface area contributed by atoms with Gasteiger partial charge in [0.15, 0.2) is 4.98 Å². The van der Waals surface area contributed by atoms with Gasteiger partial charge in [-0.2, -0.15) is 0 Å². The molecule has 0 heterocycles. The van der Waals surface area contributed by atoms with Crippen molar-refractivity contribution in [3.8, 4) is 0 Å². The summed E-state index contributed by atoms with van der Waals surface area (Å²) in [5, 5.41) is 17.0. The van der Waals surface area contributed by atoms with Crippen molar-refractivity contribution in [1.82, 2.24) is 0 Å². The van der Waals surface area contributed by atoms with E-state index in [1.54, 1.807) is 0 Å². The Morgan fingerprint density at radius 2 is 2.07 bits per heavy atom. The molecule has 1 rings (SSSR count). The van der Waals surface area contributed by atoms with Crippen molar-refractivity contribution in [2.75, 3.05) is 0 Å². The summed E-state index contributed by atoms with van der Waals surface area (Å²) in [4.78, 5) is 24.2. The van der Waals surface area contributed by atoms with Gasteiger partial charge in [-0.15, -0.1) is 0 Å². The Hall–Kier alpha value is -1.93. The van der Waals surface area contributed by atoms with Gasteiger partial charge in [-0.1, -0.05) is 17.7 Å². The molecular formula is C8H4ClN2O3+. The van der Waals surface area contributed by atoms with Gasteiger partial charge in [0.1, 0.15) is 10.6 Å². The highest BCUT2D eigenvalue weighted by atomic mass is 35.5. The Kier molecular flexibility index (Phi) is 2.79. The lowest BCUT2D eigenvalue weighted by Gasteiger charge is -1.92. The van der Waals surface area contributed by atoms with Gasteiger partial charge in [0.05, 0.1) is 0 Å². The fourth-order valence-corrected chi connectivity index (χ4v) is 1.13. The second-order valence-corrected chi connectivity index (χ2v) is 2.78. The monoisotopic (exact) mass is 211 g/mol. The van der Waals surface area contributed by atoms with Crippen LogP contribution in [-0.4, -0.2) is 16.9 Å². The Morgan fingerprint density at radius 1 is 1.43 bits per heavy atom. The molecule has 0 bridgehead atoms. The lowest BCUT2D eigenvalue weighted by atomic mass is 10.1. The molecule has 0 aliphatic carbocycles. The van der Waals surface area contributed by atoms with E-state index >= 15 is 0 Å². The average Bonchev–Trinajstić information content (AvgIpc) is 2.16. The number of ketones is 1. The molecule has 0 aliphatic rings. The summed E-state index contributed by atoms with van der Waals surface area (Å²) in [5.41, 5.74) is -0.478. The summed E-state index contributed by atoms with van der Waals surface area (Å²) in [7, 11) is 0. The minimum Gasteiger partial charge on any atom is -0.475 e. The topological polar surface area (TPSA) is 82.5 Å². The third-order valence-electron chi connectivity index (χ3n) is 1.53. The van der Waals surface area contributed by atoms with E-state index < -0.39 is 11.8 Å². The van der Waals surface area contributed by atoms with E-state index in [9.17, 15) is 9.59 Å². The molecule has 0 aromatic heterocycles. The SMILES string of the molecule is N#[N+]c1c(Cl)cccc1C(=O)C(=O)O. The van der Waals surface area contributed by atoms with Crippen LogP contribution in [0.3, 0.4) is 0 Å². The first-order chi connectivity index (χ1) is 6.57. The predicted molar refractivity (Wildman–Crippen MR) is 48.2 cm³/mol. The molecule has 0 spiro atoms. The number of carboxylic acid groups (broad SMARTS) is 1. The predicted octanol–water partition coefficient (Wildman–Crippen LogP) is 2.09. The zero-order valence-corrected chi connectivity index (χ0v) is 7.52. The number of aliphatic carboxylic acids is 1. The molecule has 0 atom stereocenters. The maximum atomic E-state index is 11.0. The Morgan fingerprint density at radius 3 is 2.57 bits per heavy atom. The molecule has 1 N–H and O–H groups in total. The number of halogens is 1. The van der Waals surface area contributed by atoms with Crippen LogP contribution in [0.2, 0.25) is 5.02 Å². The van der Waals surface area contributed by atoms with Crippen LogP contribution in [0.5, 0.6) is 0 Å². The number of hydrogen-bond acceptors (Lipinski definition) is 3. The molecule has 5 nitrogen and oxygen atoms in total. The second-order valence-electron chi connectivity index (χ2n) is 2.37. The van der Waals surface area contributed by atoms with Crippen LogP contribution >= 0.6 is 11.6 Å². The highest BCUT2D eigenvalue weighted by molar-refractivity contribution is 6.43. The molecule has 1 aromatic rings. The maximum absolute atomic E-state index is 11.0. The first kappa shape index (κ1) is 10.2. The Labute approximate surface area is 83.5 Å². The Balaban J connectivity index is 3.36. The summed E-state index contributed by atoms with van der Waals surface area (Å²) in [5.74, 6) is -2.79. The molecule has 6 heteroatoms. The minimum atomic E-state index is -1.63. The van der Waals surface area contributed by atoms with Gasteiger partial charge < -0.3 is 5.11 Å². The summed E-state index contributed by atoms with van der Waals surface area (Å²) < 4.78 is 0. The normalized spacial score (nSPS) is 9.14. The van der Waals surface area contributed by atoms with E-state index in [-0.39, 0.29) is 16.3 Å². The molecule has 1 aromatic carbocycles. The van der Waals surface area contributed by atoms with Crippen molar-refractivity contribution in [3.05, 3.63) is 33.8 Å². The van der Waals surface area contributed by atoms with Crippen molar-refractivity contribution in [3.63, 3.8) is 0 Å². The van der Waals surface area contributed by atoms with Crippen LogP contribution in [0, 0.1) is 5.39 Å². The minimum absolute atomic E-state index is 0.0135. The lowest BCUT2D eigenvalue weighted by molar-refractivity contribution is -0.131. The fourth-order valence-electron chi connectivity index (χ4n) is 0.915. The molecule has 0 aliphatic heterocycles. The number of diazo groups is 1. The van der Waals surface area contributed by atoms with Crippen LogP contribution in [0.25, 0.3) is 4.98 Å². The molecule has 70 valence electrons. The van der Waals surface area contributed by atoms with Crippen molar-refractivity contribution in [1.29, 1.82) is 5.39 Å². The van der Waals surface area contributed by atoms with Gasteiger partial charge in [-0.05, 0) is 12.1 Å². The van der Waals surface area contributed by atoms with Crippen molar-refractivity contribution >= 4 is 29.0 Å². The molecule has 0 unspecified atom stereocenters. The average molecular weight is 212 g/mol. The highest BCUT2D eigenvalue weighted by Crippen LogP contribution is 2.29. The molecule has 14 heavy (non-hydrogen) atoms. The number of hydrogen-bond donors (Lipinski definition) is 1. The van der Waals surface area contributed by atoms with Crippen LogP contribution in [0.1, 0.15) is 10.4 Å².